The molecule has 1 aromatic heterocycles. The van der Waals surface area contributed by atoms with Gasteiger partial charge in [0.2, 0.25) is 0 Å². The molecule has 13 aromatic carbocycles. The van der Waals surface area contributed by atoms with Gasteiger partial charge >= 0.3 is 0 Å². The van der Waals surface area contributed by atoms with Crippen LogP contribution in [0.25, 0.3) is 103 Å². The number of hydrogen-bond acceptors (Lipinski definition) is 0. The number of aromatic nitrogens is 1. The Balaban J connectivity index is 0.000000220. The second-order valence-corrected chi connectivity index (χ2v) is 17.7. The van der Waals surface area contributed by atoms with E-state index in [1.807, 2.05) is 19.9 Å². The van der Waals surface area contributed by atoms with Crippen molar-refractivity contribution in [1.82, 2.24) is 4.57 Å². The van der Waals surface area contributed by atoms with Crippen LogP contribution in [0.1, 0.15) is 61.8 Å². The lowest BCUT2D eigenvalue weighted by molar-refractivity contribution is 0.937. The van der Waals surface area contributed by atoms with Crippen LogP contribution in [-0.2, 0) is 0 Å². The zero-order valence-corrected chi connectivity index (χ0v) is 37.3. The van der Waals surface area contributed by atoms with Gasteiger partial charge in [-0.25, -0.2) is 0 Å². The van der Waals surface area contributed by atoms with E-state index in [0.717, 1.165) is 0 Å². The smallest absolute Gasteiger partial charge is 0.0528 e. The van der Waals surface area contributed by atoms with E-state index in [-0.39, 0.29) is 11.8 Å². The molecule has 0 N–H and O–H groups in total. The highest BCUT2D eigenvalue weighted by Crippen LogP contribution is 2.51. The van der Waals surface area contributed by atoms with Crippen molar-refractivity contribution in [3.05, 3.63) is 235 Å². The second-order valence-electron chi connectivity index (χ2n) is 17.7. The Kier molecular flexibility index (Phi) is 9.28. The standard InChI is InChI=1S/C48H32.C14H11N.C2H6/c1-27(33-15-11-29-7-3-5-9-35(29)23-33)41-25-37-17-13-32-20-22-40-42(28(2)34-16-12-30-8-4-6-10-36(30)24-34)26-38-18-14-31-19-21-39(41)47-43(31)46(38)48(40)44(32)45(37)47;1-2-7-13(8-3-1)15-11-10-12-6-4-5-9-14(12)15;1-2/h3-28H,1-2H3;1-11H;1-2H3. The number of fused-ring (bicyclic) bond motifs is 3. The molecule has 0 fully saturated rings. The molecule has 310 valence electrons. The highest BCUT2D eigenvalue weighted by atomic mass is 15.0. The Labute approximate surface area is 379 Å². The first-order valence-corrected chi connectivity index (χ1v) is 23.3. The maximum absolute atomic E-state index is 2.49. The molecule has 2 unspecified atom stereocenters. The number of rotatable bonds is 5. The Bertz CT molecular complexity index is 3770. The van der Waals surface area contributed by atoms with E-state index < -0.39 is 0 Å². The van der Waals surface area contributed by atoms with Crippen LogP contribution in [0.4, 0.5) is 0 Å². The van der Waals surface area contributed by atoms with Crippen LogP contribution >= 0.6 is 0 Å². The molecular formula is C64H49N. The summed E-state index contributed by atoms with van der Waals surface area (Å²) < 4.78 is 2.20. The summed E-state index contributed by atoms with van der Waals surface area (Å²) in [5, 5.41) is 23.1. The van der Waals surface area contributed by atoms with Gasteiger partial charge < -0.3 is 4.57 Å². The van der Waals surface area contributed by atoms with Crippen LogP contribution in [0.5, 0.6) is 0 Å². The first-order chi connectivity index (χ1) is 32.1. The molecule has 14 rings (SSSR count). The van der Waals surface area contributed by atoms with Crippen LogP contribution < -0.4 is 0 Å². The molecule has 0 bridgehead atoms. The molecule has 0 spiro atoms. The lowest BCUT2D eigenvalue weighted by Crippen LogP contribution is -2.02. The fourth-order valence-electron chi connectivity index (χ4n) is 11.1. The summed E-state index contributed by atoms with van der Waals surface area (Å²) in [6.45, 7) is 8.77. The normalized spacial score (nSPS) is 12.8. The molecule has 1 nitrogen and oxygen atoms in total. The van der Waals surface area contributed by atoms with E-state index in [4.69, 9.17) is 0 Å². The van der Waals surface area contributed by atoms with Crippen molar-refractivity contribution in [1.29, 1.82) is 0 Å². The molecule has 2 atom stereocenters. The lowest BCUT2D eigenvalue weighted by Gasteiger charge is -2.26. The lowest BCUT2D eigenvalue weighted by atomic mass is 9.77. The SMILES string of the molecule is CC.CC(c1ccc2ccccc2c1)c1cc2ccc3ccc4c(C(C)c5ccc6ccccc6c5)cc5ccc6ccc1c1c6c5c4c3c21.c1ccc(-n2ccc3ccccc32)cc1. The summed E-state index contributed by atoms with van der Waals surface area (Å²) in [6, 6.07) is 76.3. The Hall–Kier alpha value is -7.74. The van der Waals surface area contributed by atoms with Gasteiger partial charge in [-0.3, -0.25) is 0 Å². The van der Waals surface area contributed by atoms with Crippen LogP contribution in [0.2, 0.25) is 0 Å². The Morgan fingerprint density at radius 1 is 0.308 bits per heavy atom. The van der Waals surface area contributed by atoms with Gasteiger partial charge in [0.25, 0.3) is 0 Å². The average Bonchev–Trinajstić information content (AvgIpc) is 3.82. The summed E-state index contributed by atoms with van der Waals surface area (Å²) in [5.41, 5.74) is 8.00. The molecule has 0 amide bonds. The van der Waals surface area contributed by atoms with Crippen molar-refractivity contribution in [3.63, 3.8) is 0 Å². The minimum atomic E-state index is 0.258. The third-order valence-corrected chi connectivity index (χ3v) is 14.3. The van der Waals surface area contributed by atoms with Gasteiger partial charge in [0.05, 0.1) is 5.52 Å². The third-order valence-electron chi connectivity index (χ3n) is 14.3. The summed E-state index contributed by atoms with van der Waals surface area (Å²) in [6.07, 6.45) is 2.11. The highest BCUT2D eigenvalue weighted by Gasteiger charge is 2.25. The topological polar surface area (TPSA) is 4.93 Å². The van der Waals surface area contributed by atoms with E-state index in [1.165, 1.54) is 125 Å². The molecule has 0 aliphatic heterocycles. The van der Waals surface area contributed by atoms with Crippen molar-refractivity contribution in [2.75, 3.05) is 0 Å². The van der Waals surface area contributed by atoms with E-state index >= 15 is 0 Å². The number of benzene rings is 13. The zero-order valence-electron chi connectivity index (χ0n) is 37.3. The molecule has 65 heavy (non-hydrogen) atoms. The predicted octanol–water partition coefficient (Wildman–Crippen LogP) is 18.2. The van der Waals surface area contributed by atoms with Crippen molar-refractivity contribution in [2.24, 2.45) is 0 Å². The molecule has 14 aromatic rings. The first kappa shape index (κ1) is 38.9. The maximum Gasteiger partial charge on any atom is 0.0528 e. The first-order valence-electron chi connectivity index (χ1n) is 23.3. The molecule has 0 radical (unpaired) electrons. The maximum atomic E-state index is 2.49. The summed E-state index contributed by atoms with van der Waals surface area (Å²) in [7, 11) is 0. The molecular weight excluding hydrogens is 783 g/mol. The second kappa shape index (κ2) is 15.5. The zero-order chi connectivity index (χ0) is 43.8. The minimum absolute atomic E-state index is 0.258. The fraction of sp³-hybridized carbons (Fsp3) is 0.0938. The van der Waals surface area contributed by atoms with Crippen molar-refractivity contribution in [3.8, 4) is 5.69 Å². The summed E-state index contributed by atoms with van der Waals surface area (Å²) in [4.78, 5) is 0. The van der Waals surface area contributed by atoms with Gasteiger partial charge in [-0.1, -0.05) is 198 Å². The van der Waals surface area contributed by atoms with Gasteiger partial charge in [-0.05, 0) is 150 Å². The van der Waals surface area contributed by atoms with Crippen LogP contribution in [-0.4, -0.2) is 4.57 Å². The van der Waals surface area contributed by atoms with Crippen LogP contribution in [0.3, 0.4) is 0 Å². The Morgan fingerprint density at radius 2 is 0.708 bits per heavy atom. The van der Waals surface area contributed by atoms with Gasteiger partial charge in [-0.2, -0.15) is 0 Å². The van der Waals surface area contributed by atoms with Gasteiger partial charge in [0.1, 0.15) is 0 Å². The van der Waals surface area contributed by atoms with Crippen LogP contribution in [0.15, 0.2) is 212 Å². The molecule has 1 heteroatoms. The molecule has 0 aliphatic rings. The largest absolute Gasteiger partial charge is 0.317 e. The van der Waals surface area contributed by atoms with Gasteiger partial charge in [0.15, 0.2) is 0 Å². The summed E-state index contributed by atoms with van der Waals surface area (Å²) in [5.74, 6) is 0.516. The molecule has 1 heterocycles. The van der Waals surface area contributed by atoms with Crippen molar-refractivity contribution in [2.45, 2.75) is 39.5 Å². The third kappa shape index (κ3) is 6.14. The minimum Gasteiger partial charge on any atom is -0.317 e. The van der Waals surface area contributed by atoms with Gasteiger partial charge in [-0.15, -0.1) is 0 Å². The fourth-order valence-corrected chi connectivity index (χ4v) is 11.1. The molecule has 0 saturated carbocycles. The molecule has 0 aliphatic carbocycles. The van der Waals surface area contributed by atoms with E-state index in [9.17, 15) is 0 Å². The summed E-state index contributed by atoms with van der Waals surface area (Å²) >= 11 is 0. The number of para-hydroxylation sites is 2. The van der Waals surface area contributed by atoms with E-state index in [1.54, 1.807) is 0 Å². The number of nitrogens with zero attached hydrogens (tertiary/aromatic N) is 1. The molecule has 0 saturated heterocycles. The monoisotopic (exact) mass is 831 g/mol. The number of hydrogen-bond donors (Lipinski definition) is 0. The quantitative estimate of drug-likeness (QED) is 0.120. The predicted molar refractivity (Wildman–Crippen MR) is 283 cm³/mol. The van der Waals surface area contributed by atoms with Crippen LogP contribution in [0, 0.1) is 0 Å². The van der Waals surface area contributed by atoms with E-state index in [2.05, 4.69) is 225 Å². The van der Waals surface area contributed by atoms with Crippen molar-refractivity contribution >= 4 is 97.1 Å². The highest BCUT2D eigenvalue weighted by molar-refractivity contribution is 6.45. The van der Waals surface area contributed by atoms with Crippen molar-refractivity contribution < 1.29 is 0 Å². The van der Waals surface area contributed by atoms with E-state index in [0.29, 0.717) is 0 Å². The van der Waals surface area contributed by atoms with Gasteiger partial charge in [0, 0.05) is 23.7 Å². The average molecular weight is 832 g/mol. The Morgan fingerprint density at radius 3 is 1.23 bits per heavy atom.